The van der Waals surface area contributed by atoms with E-state index < -0.39 is 8.93 Å². The van der Waals surface area contributed by atoms with Crippen LogP contribution >= 0.6 is 0 Å². The van der Waals surface area contributed by atoms with Crippen molar-refractivity contribution in [1.82, 2.24) is 0 Å². The largest absolute Gasteiger partial charge is 0.524 e. The third-order valence-corrected chi connectivity index (χ3v) is 2.78. The van der Waals surface area contributed by atoms with Gasteiger partial charge in [0.1, 0.15) is 0 Å². The molecular weight excluding hydrogens is 108 g/mol. The minimum atomic E-state index is -1.58. The van der Waals surface area contributed by atoms with Gasteiger partial charge in [-0.25, -0.2) is 0 Å². The summed E-state index contributed by atoms with van der Waals surface area (Å²) < 4.78 is 15.3. The lowest BCUT2D eigenvalue weighted by atomic mass is 10.4. The van der Waals surface area contributed by atoms with Crippen molar-refractivity contribution in [2.24, 2.45) is 0 Å². The molecule has 0 aliphatic carbocycles. The Kier molecular flexibility index (Phi) is 1.23. The Morgan fingerprint density at radius 3 is 2.71 bits per heavy atom. The first-order chi connectivity index (χ1) is 3.30. The van der Waals surface area contributed by atoms with Crippen LogP contribution < -0.4 is 0 Å². The van der Waals surface area contributed by atoms with Gasteiger partial charge in [-0.05, 0) is 6.42 Å². The lowest BCUT2D eigenvalue weighted by molar-refractivity contribution is 0.329. The minimum absolute atomic E-state index is 0.338. The average Bonchev–Trinajstić information content (AvgIpc) is 1.91. The van der Waals surface area contributed by atoms with Gasteiger partial charge in [0.15, 0.2) is 0 Å². The molecular formula is C4H8O2Si. The molecule has 1 aliphatic rings. The SMILES string of the molecule is CC1CCO[Si]1=O. The first-order valence-electron chi connectivity index (χ1n) is 2.47. The Balaban J connectivity index is 2.48. The molecule has 0 aromatic heterocycles. The maximum atomic E-state index is 10.5. The highest BCUT2D eigenvalue weighted by atomic mass is 28.3. The summed E-state index contributed by atoms with van der Waals surface area (Å²) in [6, 6.07) is 0. The molecule has 7 heavy (non-hydrogen) atoms. The van der Waals surface area contributed by atoms with Crippen LogP contribution in [0.4, 0.5) is 0 Å². The highest BCUT2D eigenvalue weighted by Gasteiger charge is 2.24. The van der Waals surface area contributed by atoms with Crippen LogP contribution in [-0.2, 0) is 8.89 Å². The van der Waals surface area contributed by atoms with E-state index in [1.54, 1.807) is 0 Å². The van der Waals surface area contributed by atoms with Crippen molar-refractivity contribution >= 4 is 8.93 Å². The molecule has 0 bridgehead atoms. The van der Waals surface area contributed by atoms with E-state index in [2.05, 4.69) is 0 Å². The van der Waals surface area contributed by atoms with Crippen LogP contribution in [0.15, 0.2) is 0 Å². The molecule has 1 aliphatic heterocycles. The molecule has 0 spiro atoms. The zero-order valence-corrected chi connectivity index (χ0v) is 5.31. The van der Waals surface area contributed by atoms with Gasteiger partial charge < -0.3 is 8.89 Å². The Hall–Kier alpha value is -0.183. The molecule has 0 saturated carbocycles. The van der Waals surface area contributed by atoms with Crippen molar-refractivity contribution in [3.05, 3.63) is 0 Å². The lowest BCUT2D eigenvalue weighted by Crippen LogP contribution is -1.99. The molecule has 2 nitrogen and oxygen atoms in total. The Labute approximate surface area is 44.3 Å². The van der Waals surface area contributed by atoms with Crippen molar-refractivity contribution < 1.29 is 8.89 Å². The fourth-order valence-electron chi connectivity index (χ4n) is 0.596. The Morgan fingerprint density at radius 2 is 2.57 bits per heavy atom. The number of hydrogen-bond acceptors (Lipinski definition) is 2. The lowest BCUT2D eigenvalue weighted by Gasteiger charge is -1.85. The fourth-order valence-corrected chi connectivity index (χ4v) is 1.55. The van der Waals surface area contributed by atoms with Gasteiger partial charge in [-0.15, -0.1) is 0 Å². The predicted octanol–water partition coefficient (Wildman–Crippen LogP) is 0.715. The quantitative estimate of drug-likeness (QED) is 0.436. The molecule has 0 radical (unpaired) electrons. The molecule has 0 N–H and O–H groups in total. The van der Waals surface area contributed by atoms with Crippen LogP contribution in [0.2, 0.25) is 5.54 Å². The zero-order valence-electron chi connectivity index (χ0n) is 4.31. The summed E-state index contributed by atoms with van der Waals surface area (Å²) in [5.74, 6) is 0. The highest BCUT2D eigenvalue weighted by Crippen LogP contribution is 2.16. The molecule has 3 heteroatoms. The summed E-state index contributed by atoms with van der Waals surface area (Å²) in [5.41, 5.74) is 0.338. The maximum Gasteiger partial charge on any atom is 0.505 e. The van der Waals surface area contributed by atoms with E-state index >= 15 is 0 Å². The van der Waals surface area contributed by atoms with Gasteiger partial charge >= 0.3 is 8.93 Å². The van der Waals surface area contributed by atoms with Crippen LogP contribution in [0.5, 0.6) is 0 Å². The summed E-state index contributed by atoms with van der Waals surface area (Å²) in [7, 11) is -1.58. The maximum absolute atomic E-state index is 10.5. The van der Waals surface area contributed by atoms with Crippen LogP contribution in [0.25, 0.3) is 0 Å². The predicted molar refractivity (Wildman–Crippen MR) is 26.4 cm³/mol. The van der Waals surface area contributed by atoms with Crippen molar-refractivity contribution in [1.29, 1.82) is 0 Å². The molecule has 1 heterocycles. The van der Waals surface area contributed by atoms with Gasteiger partial charge in [-0.2, -0.15) is 0 Å². The van der Waals surface area contributed by atoms with Gasteiger partial charge in [0.2, 0.25) is 0 Å². The molecule has 0 aromatic carbocycles. The summed E-state index contributed by atoms with van der Waals surface area (Å²) in [5, 5.41) is 0. The molecule has 0 aromatic rings. The summed E-state index contributed by atoms with van der Waals surface area (Å²) in [4.78, 5) is 0. The van der Waals surface area contributed by atoms with Gasteiger partial charge in [0.05, 0.1) is 6.61 Å². The van der Waals surface area contributed by atoms with Crippen molar-refractivity contribution in [3.63, 3.8) is 0 Å². The molecule has 1 rings (SSSR count). The summed E-state index contributed by atoms with van der Waals surface area (Å²) in [6.45, 7) is 2.67. The average molecular weight is 116 g/mol. The van der Waals surface area contributed by atoms with Crippen molar-refractivity contribution in [3.8, 4) is 0 Å². The van der Waals surface area contributed by atoms with Gasteiger partial charge in [-0.3, -0.25) is 0 Å². The van der Waals surface area contributed by atoms with E-state index in [1.165, 1.54) is 0 Å². The van der Waals surface area contributed by atoms with E-state index in [0.717, 1.165) is 6.42 Å². The summed E-state index contributed by atoms with van der Waals surface area (Å²) >= 11 is 0. The Bertz CT molecular complexity index is 91.7. The van der Waals surface area contributed by atoms with E-state index in [9.17, 15) is 4.46 Å². The number of rotatable bonds is 0. The second-order valence-corrected chi connectivity index (χ2v) is 3.77. The topological polar surface area (TPSA) is 26.3 Å². The Morgan fingerprint density at radius 1 is 1.86 bits per heavy atom. The zero-order chi connectivity index (χ0) is 5.28. The molecule has 0 amide bonds. The van der Waals surface area contributed by atoms with Gasteiger partial charge in [0.25, 0.3) is 0 Å². The van der Waals surface area contributed by atoms with Crippen molar-refractivity contribution in [2.75, 3.05) is 6.61 Å². The first-order valence-corrected chi connectivity index (χ1v) is 3.87. The fraction of sp³-hybridized carbons (Fsp3) is 1.00. The van der Waals surface area contributed by atoms with Crippen LogP contribution in [0.3, 0.4) is 0 Å². The van der Waals surface area contributed by atoms with E-state index in [-0.39, 0.29) is 0 Å². The molecule has 1 saturated heterocycles. The normalized spacial score (nSPS) is 30.4. The van der Waals surface area contributed by atoms with Crippen molar-refractivity contribution in [2.45, 2.75) is 18.9 Å². The van der Waals surface area contributed by atoms with E-state index in [4.69, 9.17) is 4.43 Å². The number of hydrogen-bond donors (Lipinski definition) is 0. The third-order valence-electron chi connectivity index (χ3n) is 1.20. The van der Waals surface area contributed by atoms with Crippen LogP contribution in [-0.4, -0.2) is 15.5 Å². The van der Waals surface area contributed by atoms with Crippen LogP contribution in [0, 0.1) is 0 Å². The first kappa shape index (κ1) is 4.96. The highest BCUT2D eigenvalue weighted by molar-refractivity contribution is 6.37. The molecule has 40 valence electrons. The van der Waals surface area contributed by atoms with Crippen LogP contribution in [0.1, 0.15) is 13.3 Å². The summed E-state index contributed by atoms with van der Waals surface area (Å²) in [6.07, 6.45) is 0.984. The second-order valence-electron chi connectivity index (χ2n) is 1.86. The van der Waals surface area contributed by atoms with E-state index in [0.29, 0.717) is 12.1 Å². The smallest absolute Gasteiger partial charge is 0.505 e. The third kappa shape index (κ3) is 0.879. The van der Waals surface area contributed by atoms with Gasteiger partial charge in [-0.1, -0.05) is 6.92 Å². The van der Waals surface area contributed by atoms with Gasteiger partial charge in [0, 0.05) is 5.54 Å². The molecule has 1 atom stereocenters. The second kappa shape index (κ2) is 1.74. The monoisotopic (exact) mass is 116 g/mol. The molecule has 1 fully saturated rings. The standard InChI is InChI=1S/C4H8O2Si/c1-4-2-3-6-7(4)5/h4H,2-3H2,1H3. The van der Waals surface area contributed by atoms with E-state index in [1.807, 2.05) is 6.92 Å². The molecule has 1 unspecified atom stereocenters. The minimum Gasteiger partial charge on any atom is -0.524 e.